The molecule has 0 spiro atoms. The zero-order chi connectivity index (χ0) is 34.0. The first kappa shape index (κ1) is 36.1. The Hall–Kier alpha value is -4.33. The van der Waals surface area contributed by atoms with Crippen molar-refractivity contribution >= 4 is 23.6 Å². The Morgan fingerprint density at radius 3 is 1.93 bits per heavy atom. The Balaban J connectivity index is 2.15. The van der Waals surface area contributed by atoms with Crippen LogP contribution in [0.2, 0.25) is 0 Å². The van der Waals surface area contributed by atoms with Crippen LogP contribution in [0.5, 0.6) is 5.75 Å². The van der Waals surface area contributed by atoms with E-state index in [1.807, 2.05) is 64.1 Å². The summed E-state index contributed by atoms with van der Waals surface area (Å²) in [6.07, 6.45) is 3.01. The number of nitrogens with zero attached hydrogens (tertiary/aromatic N) is 1. The highest BCUT2D eigenvalue weighted by Gasteiger charge is 2.38. The van der Waals surface area contributed by atoms with E-state index in [0.29, 0.717) is 13.0 Å². The lowest BCUT2D eigenvalue weighted by Gasteiger charge is -2.36. The number of nitrogens with one attached hydrogen (secondary N) is 2. The number of amides is 3. The smallest absolute Gasteiger partial charge is 0.408 e. The molecular weight excluding hydrogens is 578 g/mol. The van der Waals surface area contributed by atoms with Crippen molar-refractivity contribution in [3.8, 4) is 5.75 Å². The van der Waals surface area contributed by atoms with E-state index in [0.717, 1.165) is 58.3 Å². The monoisotopic (exact) mass is 629 g/mol. The molecule has 3 aromatic carbocycles. The third kappa shape index (κ3) is 10.1. The second kappa shape index (κ2) is 16.3. The summed E-state index contributed by atoms with van der Waals surface area (Å²) in [4.78, 5) is 44.1. The van der Waals surface area contributed by atoms with Gasteiger partial charge in [0.2, 0.25) is 5.91 Å². The fourth-order valence-electron chi connectivity index (χ4n) is 5.68. The van der Waals surface area contributed by atoms with Gasteiger partial charge < -0.3 is 25.4 Å². The molecule has 3 aromatic rings. The van der Waals surface area contributed by atoms with E-state index in [1.165, 1.54) is 0 Å². The van der Waals surface area contributed by atoms with Gasteiger partial charge in [0.1, 0.15) is 23.4 Å². The van der Waals surface area contributed by atoms with Crippen molar-refractivity contribution in [2.45, 2.75) is 105 Å². The van der Waals surface area contributed by atoms with E-state index in [4.69, 9.17) is 4.74 Å². The molecule has 0 bridgehead atoms. The van der Waals surface area contributed by atoms with Gasteiger partial charge in [0.05, 0.1) is 0 Å². The highest BCUT2D eigenvalue weighted by Crippen LogP contribution is 2.32. The molecule has 3 amide bonds. The molecule has 0 aliphatic heterocycles. The van der Waals surface area contributed by atoms with Gasteiger partial charge in [0.25, 0.3) is 5.91 Å². The summed E-state index contributed by atoms with van der Waals surface area (Å²) in [6.45, 7) is 15.5. The number of aromatic hydroxyl groups is 1. The fourth-order valence-corrected chi connectivity index (χ4v) is 5.68. The second-order valence-electron chi connectivity index (χ2n) is 13.1. The summed E-state index contributed by atoms with van der Waals surface area (Å²) in [5, 5.41) is 15.8. The van der Waals surface area contributed by atoms with Gasteiger partial charge in [-0.3, -0.25) is 9.59 Å². The number of benzene rings is 3. The molecule has 0 fully saturated rings. The van der Waals surface area contributed by atoms with Crippen molar-refractivity contribution in [3.63, 3.8) is 0 Å². The Bertz CT molecular complexity index is 1450. The number of phenols is 1. The quantitative estimate of drug-likeness (QED) is 0.167. The predicted molar refractivity (Wildman–Crippen MR) is 184 cm³/mol. The second-order valence-corrected chi connectivity index (χ2v) is 13.1. The number of alkyl carbamates (subject to hydrolysis) is 1. The van der Waals surface area contributed by atoms with Gasteiger partial charge >= 0.3 is 6.09 Å². The molecule has 0 aliphatic carbocycles. The number of carbonyl (C=O) groups is 3. The number of rotatable bonds is 13. The van der Waals surface area contributed by atoms with Crippen LogP contribution >= 0.6 is 0 Å². The summed E-state index contributed by atoms with van der Waals surface area (Å²) in [6, 6.07) is 16.2. The van der Waals surface area contributed by atoms with E-state index in [-0.39, 0.29) is 24.0 Å². The lowest BCUT2D eigenvalue weighted by molar-refractivity contribution is -0.141. The SMILES string of the molecule is CCCCCCN(C(=O)C(Cc1ccc(O)cc1)NC(=O)OC(C)(C)C)C(C(=O)Nc1c(C)cccc1C)c1c(C)cccc1C. The molecule has 8 nitrogen and oxygen atoms in total. The Labute approximate surface area is 274 Å². The third-order valence-electron chi connectivity index (χ3n) is 8.01. The number of para-hydroxylation sites is 1. The minimum Gasteiger partial charge on any atom is -0.508 e. The summed E-state index contributed by atoms with van der Waals surface area (Å²) in [5.74, 6) is -0.610. The van der Waals surface area contributed by atoms with Gasteiger partial charge in [-0.25, -0.2) is 4.79 Å². The maximum absolute atomic E-state index is 14.8. The Morgan fingerprint density at radius 1 is 0.826 bits per heavy atom. The van der Waals surface area contributed by atoms with Crippen LogP contribution in [0.1, 0.15) is 92.8 Å². The molecule has 2 atom stereocenters. The van der Waals surface area contributed by atoms with Crippen LogP contribution in [0.4, 0.5) is 10.5 Å². The lowest BCUT2D eigenvalue weighted by atomic mass is 9.92. The molecule has 248 valence electrons. The van der Waals surface area contributed by atoms with Crippen molar-refractivity contribution in [2.24, 2.45) is 0 Å². The predicted octanol–water partition coefficient (Wildman–Crippen LogP) is 7.85. The van der Waals surface area contributed by atoms with Crippen molar-refractivity contribution in [1.29, 1.82) is 0 Å². The Morgan fingerprint density at radius 2 is 1.39 bits per heavy atom. The van der Waals surface area contributed by atoms with Gasteiger partial charge in [0.15, 0.2) is 0 Å². The molecule has 46 heavy (non-hydrogen) atoms. The summed E-state index contributed by atoms with van der Waals surface area (Å²) in [7, 11) is 0. The molecule has 0 aliphatic rings. The minimum atomic E-state index is -1.04. The van der Waals surface area contributed by atoms with Crippen LogP contribution in [0.15, 0.2) is 60.7 Å². The number of aryl methyl sites for hydroxylation is 4. The number of anilines is 1. The number of phenolic OH excluding ortho intramolecular Hbond substituents is 1. The maximum Gasteiger partial charge on any atom is 0.408 e. The number of unbranched alkanes of at least 4 members (excludes halogenated alkanes) is 3. The molecule has 3 N–H and O–H groups in total. The van der Waals surface area contributed by atoms with Gasteiger partial charge in [-0.15, -0.1) is 0 Å². The number of ether oxygens (including phenoxy) is 1. The van der Waals surface area contributed by atoms with E-state index in [1.54, 1.807) is 49.9 Å². The van der Waals surface area contributed by atoms with E-state index >= 15 is 0 Å². The van der Waals surface area contributed by atoms with Crippen molar-refractivity contribution < 1.29 is 24.2 Å². The van der Waals surface area contributed by atoms with Gasteiger partial charge in [-0.1, -0.05) is 74.7 Å². The van der Waals surface area contributed by atoms with E-state index in [9.17, 15) is 19.5 Å². The molecule has 0 aromatic heterocycles. The van der Waals surface area contributed by atoms with Crippen LogP contribution in [-0.2, 0) is 20.7 Å². The normalized spacial score (nSPS) is 12.6. The molecule has 0 radical (unpaired) electrons. The van der Waals surface area contributed by atoms with Gasteiger partial charge in [-0.05, 0) is 100 Å². The molecule has 3 rings (SSSR count). The van der Waals surface area contributed by atoms with E-state index in [2.05, 4.69) is 17.6 Å². The largest absolute Gasteiger partial charge is 0.508 e. The topological polar surface area (TPSA) is 108 Å². The first-order valence-corrected chi connectivity index (χ1v) is 16.2. The summed E-state index contributed by atoms with van der Waals surface area (Å²) >= 11 is 0. The third-order valence-corrected chi connectivity index (χ3v) is 8.01. The van der Waals surface area contributed by atoms with Crippen molar-refractivity contribution in [2.75, 3.05) is 11.9 Å². The molecule has 2 unspecified atom stereocenters. The van der Waals surface area contributed by atoms with Crippen molar-refractivity contribution in [3.05, 3.63) is 94.0 Å². The summed E-state index contributed by atoms with van der Waals surface area (Å²) < 4.78 is 5.56. The number of hydrogen-bond acceptors (Lipinski definition) is 5. The van der Waals surface area contributed by atoms with Crippen LogP contribution in [-0.4, -0.2) is 46.1 Å². The van der Waals surface area contributed by atoms with Gasteiger partial charge in [0, 0.05) is 18.7 Å². The average Bonchev–Trinajstić information content (AvgIpc) is 2.97. The van der Waals surface area contributed by atoms with Crippen LogP contribution in [0, 0.1) is 27.7 Å². The van der Waals surface area contributed by atoms with Crippen LogP contribution < -0.4 is 10.6 Å². The maximum atomic E-state index is 14.8. The Kier molecular flexibility index (Phi) is 12.8. The average molecular weight is 630 g/mol. The van der Waals surface area contributed by atoms with Crippen molar-refractivity contribution in [1.82, 2.24) is 10.2 Å². The standard InChI is InChI=1S/C38H51N3O5/c1-9-10-11-12-23-41(36(44)31(39-37(45)46-38(6,7)8)24-29-19-21-30(42)22-20-29)34(32-25(2)15-13-16-26(32)3)35(43)40-33-27(4)17-14-18-28(33)5/h13-22,31,34,42H,9-12,23-24H2,1-8H3,(H,39,45)(H,40,43). The molecule has 0 saturated heterocycles. The van der Waals surface area contributed by atoms with Crippen LogP contribution in [0.25, 0.3) is 0 Å². The number of hydrogen-bond donors (Lipinski definition) is 3. The fraction of sp³-hybridized carbons (Fsp3) is 0.447. The first-order chi connectivity index (χ1) is 21.7. The molecule has 0 heterocycles. The molecular formula is C38H51N3O5. The zero-order valence-corrected chi connectivity index (χ0v) is 28.7. The number of carbonyl (C=O) groups excluding carboxylic acids is 3. The zero-order valence-electron chi connectivity index (χ0n) is 28.7. The summed E-state index contributed by atoms with van der Waals surface area (Å²) in [5.41, 5.74) is 5.07. The lowest BCUT2D eigenvalue weighted by Crippen LogP contribution is -2.53. The molecule has 8 heteroatoms. The van der Waals surface area contributed by atoms with Crippen LogP contribution in [0.3, 0.4) is 0 Å². The highest BCUT2D eigenvalue weighted by molar-refractivity contribution is 6.00. The highest BCUT2D eigenvalue weighted by atomic mass is 16.6. The minimum absolute atomic E-state index is 0.0996. The molecule has 0 saturated carbocycles. The van der Waals surface area contributed by atoms with Gasteiger partial charge in [-0.2, -0.15) is 0 Å². The van der Waals surface area contributed by atoms with E-state index < -0.39 is 23.8 Å². The first-order valence-electron chi connectivity index (χ1n) is 16.2.